The number of aromatic nitrogens is 1. The summed E-state index contributed by atoms with van der Waals surface area (Å²) < 4.78 is 37.5. The Morgan fingerprint density at radius 1 is 1.19 bits per heavy atom. The van der Waals surface area contributed by atoms with Crippen LogP contribution in [0.3, 0.4) is 0 Å². The molecule has 2 heterocycles. The molecule has 0 bridgehead atoms. The molecule has 1 aliphatic rings. The zero-order valence-electron chi connectivity index (χ0n) is 21.3. The number of aryl methyl sites for hydroxylation is 1. The van der Waals surface area contributed by atoms with E-state index < -0.39 is 15.9 Å². The first-order valence-electron chi connectivity index (χ1n) is 12.4. The van der Waals surface area contributed by atoms with Crippen molar-refractivity contribution in [1.82, 2.24) is 14.6 Å². The Morgan fingerprint density at radius 2 is 1.94 bits per heavy atom. The highest BCUT2D eigenvalue weighted by molar-refractivity contribution is 7.90. The first-order chi connectivity index (χ1) is 17.3. The van der Waals surface area contributed by atoms with Crippen LogP contribution in [0.1, 0.15) is 59.8 Å². The highest BCUT2D eigenvalue weighted by atomic mass is 32.2. The van der Waals surface area contributed by atoms with Crippen LogP contribution in [0, 0.1) is 6.92 Å². The molecule has 1 fully saturated rings. The van der Waals surface area contributed by atoms with Gasteiger partial charge in [-0.3, -0.25) is 9.69 Å². The van der Waals surface area contributed by atoms with Crippen LogP contribution >= 0.6 is 0 Å². The number of H-pyrrole nitrogens is 1. The summed E-state index contributed by atoms with van der Waals surface area (Å²) in [5.41, 5.74) is 4.77. The Balaban J connectivity index is 1.63. The van der Waals surface area contributed by atoms with E-state index in [4.69, 9.17) is 9.47 Å². The lowest BCUT2D eigenvalue weighted by atomic mass is 9.91. The Hall–Kier alpha value is -2.88. The number of amides is 1. The minimum Gasteiger partial charge on any atom is -0.496 e. The van der Waals surface area contributed by atoms with Crippen molar-refractivity contribution in [2.75, 3.05) is 26.0 Å². The smallest absolute Gasteiger partial charge is 0.264 e. The molecule has 9 heteroatoms. The zero-order chi connectivity index (χ0) is 25.9. The van der Waals surface area contributed by atoms with E-state index >= 15 is 0 Å². The number of ether oxygens (including phenoxy) is 2. The third-order valence-electron chi connectivity index (χ3n) is 6.95. The molecule has 1 aliphatic heterocycles. The molecule has 2 N–H and O–H groups in total. The van der Waals surface area contributed by atoms with Gasteiger partial charge in [0.2, 0.25) is 10.0 Å². The van der Waals surface area contributed by atoms with E-state index in [1.54, 1.807) is 19.2 Å². The SMILES string of the molecule is CCO[C@H]1CCN(Cc2c(OC)cc(C)c3[nH]ccc23)C(c2ccc(C(=O)NS(=O)(=O)CC)cc2)C1. The monoisotopic (exact) mass is 513 g/mol. The van der Waals surface area contributed by atoms with E-state index in [0.717, 1.165) is 52.7 Å². The second-order valence-corrected chi connectivity index (χ2v) is 11.2. The zero-order valence-corrected chi connectivity index (χ0v) is 22.2. The van der Waals surface area contributed by atoms with Gasteiger partial charge in [0.1, 0.15) is 5.75 Å². The molecule has 194 valence electrons. The predicted octanol–water partition coefficient (Wildman–Crippen LogP) is 4.31. The van der Waals surface area contributed by atoms with Gasteiger partial charge in [0.05, 0.1) is 19.0 Å². The molecule has 2 atom stereocenters. The van der Waals surface area contributed by atoms with Crippen molar-refractivity contribution < 1.29 is 22.7 Å². The van der Waals surface area contributed by atoms with Crippen LogP contribution < -0.4 is 9.46 Å². The molecule has 1 aromatic heterocycles. The van der Waals surface area contributed by atoms with Gasteiger partial charge in [0.15, 0.2) is 0 Å². The number of nitrogens with zero attached hydrogens (tertiary/aromatic N) is 1. The average molecular weight is 514 g/mol. The second-order valence-electron chi connectivity index (χ2n) is 9.19. The van der Waals surface area contributed by atoms with Gasteiger partial charge in [0.25, 0.3) is 5.91 Å². The number of benzene rings is 2. The van der Waals surface area contributed by atoms with Gasteiger partial charge in [-0.05, 0) is 69.0 Å². The first kappa shape index (κ1) is 26.2. The van der Waals surface area contributed by atoms with Crippen LogP contribution in [0.5, 0.6) is 5.75 Å². The molecule has 0 aliphatic carbocycles. The van der Waals surface area contributed by atoms with Crippen LogP contribution in [0.25, 0.3) is 10.9 Å². The third kappa shape index (κ3) is 5.58. The number of aromatic amines is 1. The summed E-state index contributed by atoms with van der Waals surface area (Å²) in [4.78, 5) is 18.2. The van der Waals surface area contributed by atoms with E-state index in [1.807, 2.05) is 25.3 Å². The van der Waals surface area contributed by atoms with Crippen molar-refractivity contribution in [3.63, 3.8) is 0 Å². The van der Waals surface area contributed by atoms with Crippen molar-refractivity contribution in [3.05, 3.63) is 64.8 Å². The van der Waals surface area contributed by atoms with E-state index in [0.29, 0.717) is 18.7 Å². The van der Waals surface area contributed by atoms with E-state index in [9.17, 15) is 13.2 Å². The van der Waals surface area contributed by atoms with Crippen LogP contribution in [-0.4, -0.2) is 56.3 Å². The average Bonchev–Trinajstić information content (AvgIpc) is 3.37. The van der Waals surface area contributed by atoms with E-state index in [1.165, 1.54) is 6.92 Å². The molecular weight excluding hydrogens is 478 g/mol. The lowest BCUT2D eigenvalue weighted by Crippen LogP contribution is -2.39. The molecule has 0 radical (unpaired) electrons. The number of carbonyl (C=O) groups is 1. The van der Waals surface area contributed by atoms with Crippen molar-refractivity contribution in [1.29, 1.82) is 0 Å². The lowest BCUT2D eigenvalue weighted by molar-refractivity contribution is -0.0138. The highest BCUT2D eigenvalue weighted by Crippen LogP contribution is 2.38. The Kier molecular flexibility index (Phi) is 8.02. The normalized spacial score (nSPS) is 18.9. The molecule has 0 saturated carbocycles. The Labute approximate surface area is 213 Å². The Morgan fingerprint density at radius 3 is 2.61 bits per heavy atom. The highest BCUT2D eigenvalue weighted by Gasteiger charge is 2.31. The minimum atomic E-state index is -3.62. The fourth-order valence-corrected chi connectivity index (χ4v) is 5.56. The number of methoxy groups -OCH3 is 1. The van der Waals surface area contributed by atoms with Gasteiger partial charge in [0, 0.05) is 54.0 Å². The lowest BCUT2D eigenvalue weighted by Gasteiger charge is -2.40. The number of hydrogen-bond acceptors (Lipinski definition) is 6. The standard InChI is InChI=1S/C27H35N3O5S/c1-5-35-21-12-14-30(17-23-22-11-13-28-26(22)18(3)15-25(23)34-4)24(16-21)19-7-9-20(10-8-19)27(31)29-36(32,33)6-2/h7-11,13,15,21,24,28H,5-6,12,14,16-17H2,1-4H3,(H,29,31)/t21-,24?/m0/s1. The van der Waals surface area contributed by atoms with Crippen molar-refractivity contribution in [2.45, 2.75) is 52.3 Å². The number of sulfonamides is 1. The number of fused-ring (bicyclic) bond motifs is 1. The summed E-state index contributed by atoms with van der Waals surface area (Å²) in [6.45, 7) is 7.81. The minimum absolute atomic E-state index is 0.0757. The molecule has 1 amide bonds. The molecule has 3 aromatic rings. The summed E-state index contributed by atoms with van der Waals surface area (Å²) in [7, 11) is -1.91. The molecule has 2 aromatic carbocycles. The number of rotatable bonds is 9. The van der Waals surface area contributed by atoms with Crippen molar-refractivity contribution >= 4 is 26.8 Å². The van der Waals surface area contributed by atoms with Gasteiger partial charge in [-0.15, -0.1) is 0 Å². The molecule has 36 heavy (non-hydrogen) atoms. The summed E-state index contributed by atoms with van der Waals surface area (Å²) in [5.74, 6) is 0.105. The maximum Gasteiger partial charge on any atom is 0.264 e. The fourth-order valence-electron chi connectivity index (χ4n) is 5.02. The second kappa shape index (κ2) is 11.0. The topological polar surface area (TPSA) is 101 Å². The quantitative estimate of drug-likeness (QED) is 0.442. The molecule has 1 unspecified atom stereocenters. The number of piperidine rings is 1. The fraction of sp³-hybridized carbons (Fsp3) is 0.444. The summed E-state index contributed by atoms with van der Waals surface area (Å²) >= 11 is 0. The maximum atomic E-state index is 12.4. The predicted molar refractivity (Wildman–Crippen MR) is 141 cm³/mol. The summed E-state index contributed by atoms with van der Waals surface area (Å²) in [6, 6.07) is 11.5. The summed E-state index contributed by atoms with van der Waals surface area (Å²) in [6.07, 6.45) is 3.88. The van der Waals surface area contributed by atoms with Crippen LogP contribution in [-0.2, 0) is 21.3 Å². The van der Waals surface area contributed by atoms with Crippen LogP contribution in [0.2, 0.25) is 0 Å². The van der Waals surface area contributed by atoms with Gasteiger partial charge in [-0.1, -0.05) is 12.1 Å². The number of likely N-dealkylation sites (tertiary alicyclic amines) is 1. The molecular formula is C27H35N3O5S. The van der Waals surface area contributed by atoms with E-state index in [2.05, 4.69) is 33.7 Å². The molecule has 1 saturated heterocycles. The van der Waals surface area contributed by atoms with Gasteiger partial charge in [-0.25, -0.2) is 13.1 Å². The van der Waals surface area contributed by atoms with Crippen LogP contribution in [0.15, 0.2) is 42.6 Å². The van der Waals surface area contributed by atoms with Crippen LogP contribution in [0.4, 0.5) is 0 Å². The summed E-state index contributed by atoms with van der Waals surface area (Å²) in [5, 5.41) is 1.15. The molecule has 8 nitrogen and oxygen atoms in total. The molecule has 4 rings (SSSR count). The molecule has 0 spiro atoms. The third-order valence-corrected chi connectivity index (χ3v) is 8.20. The number of hydrogen-bond donors (Lipinski definition) is 2. The number of carbonyl (C=O) groups excluding carboxylic acids is 1. The van der Waals surface area contributed by atoms with E-state index in [-0.39, 0.29) is 17.9 Å². The largest absolute Gasteiger partial charge is 0.496 e. The maximum absolute atomic E-state index is 12.4. The Bertz CT molecular complexity index is 1320. The van der Waals surface area contributed by atoms with Gasteiger partial charge >= 0.3 is 0 Å². The van der Waals surface area contributed by atoms with Gasteiger partial charge < -0.3 is 14.5 Å². The van der Waals surface area contributed by atoms with Gasteiger partial charge in [-0.2, -0.15) is 0 Å². The van der Waals surface area contributed by atoms with Crippen molar-refractivity contribution in [2.24, 2.45) is 0 Å². The number of nitrogens with one attached hydrogen (secondary N) is 2. The first-order valence-corrected chi connectivity index (χ1v) is 14.1. The van der Waals surface area contributed by atoms with Crippen molar-refractivity contribution in [3.8, 4) is 5.75 Å².